The van der Waals surface area contributed by atoms with Gasteiger partial charge in [-0.1, -0.05) is 188 Å². The second kappa shape index (κ2) is 18.3. The Labute approximate surface area is 419 Å². The lowest BCUT2D eigenvalue weighted by molar-refractivity contribution is 0.516. The number of hydrogen-bond acceptors (Lipinski definition) is 2. The minimum absolute atomic E-state index is 0.0381. The van der Waals surface area contributed by atoms with Crippen LogP contribution < -0.4 is 9.80 Å². The molecule has 0 aromatic heterocycles. The van der Waals surface area contributed by atoms with Crippen LogP contribution in [0.25, 0.3) is 16.7 Å². The summed E-state index contributed by atoms with van der Waals surface area (Å²) in [6.07, 6.45) is 49.5. The van der Waals surface area contributed by atoms with E-state index in [1.807, 2.05) is 6.08 Å². The molecular formula is C68H70N2. The molecule has 70 heavy (non-hydrogen) atoms. The lowest BCUT2D eigenvalue weighted by Gasteiger charge is -2.36. The van der Waals surface area contributed by atoms with Crippen molar-refractivity contribution in [3.8, 4) is 11.1 Å². The van der Waals surface area contributed by atoms with Crippen LogP contribution in [0.4, 0.5) is 17.1 Å². The molecule has 3 unspecified atom stereocenters. The van der Waals surface area contributed by atoms with Gasteiger partial charge >= 0.3 is 0 Å². The van der Waals surface area contributed by atoms with E-state index in [0.717, 1.165) is 25.7 Å². The Morgan fingerprint density at radius 1 is 0.729 bits per heavy atom. The summed E-state index contributed by atoms with van der Waals surface area (Å²) in [5, 5.41) is 0. The van der Waals surface area contributed by atoms with Crippen molar-refractivity contribution in [2.45, 2.75) is 116 Å². The van der Waals surface area contributed by atoms with E-state index in [9.17, 15) is 0 Å². The van der Waals surface area contributed by atoms with Crippen molar-refractivity contribution in [1.29, 1.82) is 0 Å². The predicted molar refractivity (Wildman–Crippen MR) is 300 cm³/mol. The summed E-state index contributed by atoms with van der Waals surface area (Å²) < 4.78 is 0. The number of rotatable bonds is 10. The molecule has 0 amide bonds. The summed E-state index contributed by atoms with van der Waals surface area (Å²) in [5.74, 6) is 0.742. The summed E-state index contributed by atoms with van der Waals surface area (Å²) >= 11 is 0. The van der Waals surface area contributed by atoms with E-state index >= 15 is 0 Å². The Kier molecular flexibility index (Phi) is 11.9. The largest absolute Gasteiger partial charge is 0.341 e. The molecule has 7 aliphatic carbocycles. The summed E-state index contributed by atoms with van der Waals surface area (Å²) in [6.45, 7) is 17.9. The maximum absolute atomic E-state index is 4.09. The van der Waals surface area contributed by atoms with Crippen LogP contribution >= 0.6 is 0 Å². The monoisotopic (exact) mass is 915 g/mol. The molecule has 3 atom stereocenters. The van der Waals surface area contributed by atoms with Gasteiger partial charge in [0.1, 0.15) is 0 Å². The molecule has 0 radical (unpaired) electrons. The zero-order valence-corrected chi connectivity index (χ0v) is 42.4. The molecule has 0 saturated heterocycles. The molecule has 0 N–H and O–H groups in total. The van der Waals surface area contributed by atoms with Crippen LogP contribution in [0.15, 0.2) is 223 Å². The highest BCUT2D eigenvalue weighted by Crippen LogP contribution is 2.61. The smallest absolute Gasteiger partial charge is 0.0557 e. The predicted octanol–water partition coefficient (Wildman–Crippen LogP) is 17.9. The molecule has 352 valence electrons. The molecule has 0 fully saturated rings. The molecule has 7 aliphatic rings. The normalized spacial score (nSPS) is 21.9. The molecule has 0 bridgehead atoms. The van der Waals surface area contributed by atoms with Crippen LogP contribution in [0.5, 0.6) is 0 Å². The second-order valence-corrected chi connectivity index (χ2v) is 22.7. The van der Waals surface area contributed by atoms with Crippen LogP contribution in [0, 0.1) is 11.3 Å². The van der Waals surface area contributed by atoms with Crippen LogP contribution in [-0.4, -0.2) is 6.04 Å². The SMILES string of the molecule is C=C/C=C(\C=C/N(c1ccc(-c2ccccc2)cc1)C1C=CC2=C(C1)C1(C=CC=C1)c1cc(N(C3=CC=C(C4=CCCCC4)CC3)c3ccc(C(C)(C)C)cc3)c3c(c12)CC1C=CC=CC31)C(C)(C)C. The number of hydrogen-bond donors (Lipinski definition) is 0. The number of anilines is 3. The van der Waals surface area contributed by atoms with Gasteiger partial charge in [-0.3, -0.25) is 0 Å². The fourth-order valence-corrected chi connectivity index (χ4v) is 12.5. The van der Waals surface area contributed by atoms with E-state index in [1.54, 1.807) is 5.57 Å². The molecule has 2 heteroatoms. The second-order valence-electron chi connectivity index (χ2n) is 22.7. The maximum Gasteiger partial charge on any atom is 0.0557 e. The van der Waals surface area contributed by atoms with Crippen molar-refractivity contribution in [2.75, 3.05) is 9.80 Å². The third kappa shape index (κ3) is 8.28. The number of nitrogens with zero attached hydrogens (tertiary/aromatic N) is 2. The van der Waals surface area contributed by atoms with Gasteiger partial charge in [-0.2, -0.15) is 0 Å². The Balaban J connectivity index is 1.05. The molecule has 0 heterocycles. The fourth-order valence-electron chi connectivity index (χ4n) is 12.5. The van der Waals surface area contributed by atoms with Gasteiger partial charge in [0.25, 0.3) is 0 Å². The van der Waals surface area contributed by atoms with Gasteiger partial charge < -0.3 is 9.80 Å². The van der Waals surface area contributed by atoms with Gasteiger partial charge in [0.15, 0.2) is 0 Å². The molecule has 2 nitrogen and oxygen atoms in total. The third-order valence-corrected chi connectivity index (χ3v) is 16.3. The van der Waals surface area contributed by atoms with Gasteiger partial charge in [-0.25, -0.2) is 0 Å². The number of fused-ring (bicyclic) bond motifs is 8. The Morgan fingerprint density at radius 3 is 2.16 bits per heavy atom. The highest BCUT2D eigenvalue weighted by molar-refractivity contribution is 5.95. The van der Waals surface area contributed by atoms with E-state index in [2.05, 4.69) is 240 Å². The van der Waals surface area contributed by atoms with Crippen molar-refractivity contribution >= 4 is 22.6 Å². The molecule has 0 aliphatic heterocycles. The van der Waals surface area contributed by atoms with Crippen molar-refractivity contribution in [2.24, 2.45) is 11.3 Å². The minimum atomic E-state index is -0.341. The molecule has 4 aromatic rings. The van der Waals surface area contributed by atoms with Crippen LogP contribution in [-0.2, 0) is 17.3 Å². The zero-order valence-electron chi connectivity index (χ0n) is 42.4. The van der Waals surface area contributed by atoms with Crippen LogP contribution in [0.1, 0.15) is 120 Å². The first-order chi connectivity index (χ1) is 33.9. The van der Waals surface area contributed by atoms with Gasteiger partial charge in [0, 0.05) is 29.2 Å². The van der Waals surface area contributed by atoms with Crippen LogP contribution in [0.3, 0.4) is 0 Å². The summed E-state index contributed by atoms with van der Waals surface area (Å²) in [4.78, 5) is 5.20. The molecule has 0 saturated carbocycles. The van der Waals surface area contributed by atoms with Gasteiger partial charge in [-0.15, -0.1) is 0 Å². The highest BCUT2D eigenvalue weighted by atomic mass is 15.2. The third-order valence-electron chi connectivity index (χ3n) is 16.3. The van der Waals surface area contributed by atoms with Gasteiger partial charge in [-0.05, 0) is 177 Å². The fraction of sp³-hybridized carbons (Fsp3) is 0.294. The van der Waals surface area contributed by atoms with Crippen LogP contribution in [0.2, 0.25) is 0 Å². The van der Waals surface area contributed by atoms with Crippen molar-refractivity contribution < 1.29 is 0 Å². The summed E-state index contributed by atoms with van der Waals surface area (Å²) in [6, 6.07) is 32.2. The quantitative estimate of drug-likeness (QED) is 0.146. The van der Waals surface area contributed by atoms with E-state index in [4.69, 9.17) is 0 Å². The molecular weight excluding hydrogens is 845 g/mol. The Morgan fingerprint density at radius 2 is 1.47 bits per heavy atom. The summed E-state index contributed by atoms with van der Waals surface area (Å²) in [5.41, 5.74) is 21.9. The minimum Gasteiger partial charge on any atom is -0.341 e. The first kappa shape index (κ1) is 45.8. The van der Waals surface area contributed by atoms with E-state index < -0.39 is 0 Å². The average molecular weight is 915 g/mol. The number of benzene rings is 4. The first-order valence-electron chi connectivity index (χ1n) is 26.2. The average Bonchev–Trinajstić information content (AvgIpc) is 4.10. The van der Waals surface area contributed by atoms with Crippen molar-refractivity contribution in [1.82, 2.24) is 0 Å². The highest BCUT2D eigenvalue weighted by Gasteiger charge is 2.49. The van der Waals surface area contributed by atoms with Gasteiger partial charge in [0.2, 0.25) is 0 Å². The summed E-state index contributed by atoms with van der Waals surface area (Å²) in [7, 11) is 0. The first-order valence-corrected chi connectivity index (χ1v) is 26.2. The molecule has 1 spiro atoms. The van der Waals surface area contributed by atoms with Gasteiger partial charge in [0.05, 0.1) is 17.1 Å². The van der Waals surface area contributed by atoms with Crippen molar-refractivity contribution in [3.05, 3.63) is 251 Å². The standard InChI is InChI=1S/C68H70N2/c1-8-19-52(66(2,3)4)40-43-69(54-32-26-49(27-33-54)47-20-11-9-12-21-47)57-38-39-59-61(45-57)68(41-17-18-42-68)62-46-63(65-58-25-16-15-24-51(58)44-60(65)64(59)62)70(56-36-30-53(31-37-56)67(5,6)7)55-34-28-50(29-35-55)48-22-13-10-14-23-48/h8-9,11-12,15-22,24-28,30-34,36-43,46,51,57-58H,1,10,13-14,23,29,35,44-45H2,2-7H3/b43-40-,52-19+. The topological polar surface area (TPSA) is 6.48 Å². The Bertz CT molecular complexity index is 3050. The van der Waals surface area contributed by atoms with E-state index in [0.29, 0.717) is 11.8 Å². The number of allylic oxidation sites excluding steroid dienone is 20. The lowest BCUT2D eigenvalue weighted by Crippen LogP contribution is -2.33. The van der Waals surface area contributed by atoms with Crippen molar-refractivity contribution in [3.63, 3.8) is 0 Å². The maximum atomic E-state index is 4.09. The zero-order chi connectivity index (χ0) is 48.2. The molecule has 4 aromatic carbocycles. The molecule has 11 rings (SSSR count). The lowest BCUT2D eigenvalue weighted by atomic mass is 9.74. The Hall–Kier alpha value is -6.64. The van der Waals surface area contributed by atoms with E-state index in [1.165, 1.54) is 110 Å². The van der Waals surface area contributed by atoms with E-state index in [-0.39, 0.29) is 22.3 Å².